The van der Waals surface area contributed by atoms with Gasteiger partial charge in [0.05, 0.1) is 13.3 Å². The molecule has 0 saturated carbocycles. The van der Waals surface area contributed by atoms with E-state index in [9.17, 15) is 22.8 Å². The molecule has 0 amide bonds. The molecule has 2 rings (SSSR count). The molecular weight excluding hydrogens is 277 g/mol. The third kappa shape index (κ3) is 2.63. The first kappa shape index (κ1) is 14.0. The van der Waals surface area contributed by atoms with E-state index in [2.05, 4.69) is 4.74 Å². The second-order valence-electron chi connectivity index (χ2n) is 4.01. The number of rotatable bonds is 3. The van der Waals surface area contributed by atoms with Gasteiger partial charge in [0.15, 0.2) is 6.54 Å². The maximum absolute atomic E-state index is 12.5. The summed E-state index contributed by atoms with van der Waals surface area (Å²) in [5, 5.41) is 0. The molecule has 0 fully saturated rings. The lowest BCUT2D eigenvalue weighted by atomic mass is 10.3. The van der Waals surface area contributed by atoms with Crippen LogP contribution in [-0.2, 0) is 16.1 Å². The minimum atomic E-state index is -4.44. The molecule has 0 atom stereocenters. The van der Waals surface area contributed by atoms with Crippen molar-refractivity contribution in [3.8, 4) is 0 Å². The number of Topliss-reactive ketones (excluding diaryl/α,β-unsaturated/α-hetero) is 1. The van der Waals surface area contributed by atoms with Crippen molar-refractivity contribution in [1.82, 2.24) is 4.40 Å². The highest BCUT2D eigenvalue weighted by Crippen LogP contribution is 2.16. The highest BCUT2D eigenvalue weighted by molar-refractivity contribution is 6.40. The highest BCUT2D eigenvalue weighted by Gasteiger charge is 2.35. The number of methoxy groups -OCH3 is 1. The molecule has 0 radical (unpaired) electrons. The number of imidazole rings is 1. The normalized spacial score (nSPS) is 11.6. The van der Waals surface area contributed by atoms with Crippen LogP contribution >= 0.6 is 0 Å². The lowest BCUT2D eigenvalue weighted by Crippen LogP contribution is -2.40. The number of aromatic nitrogens is 2. The fraction of sp³-hybridized carbons (Fsp3) is 0.250. The molecule has 106 valence electrons. The van der Waals surface area contributed by atoms with Gasteiger partial charge in [0.1, 0.15) is 6.20 Å². The summed E-state index contributed by atoms with van der Waals surface area (Å²) in [6.07, 6.45) is -2.05. The van der Waals surface area contributed by atoms with Gasteiger partial charge in [0, 0.05) is 6.07 Å². The van der Waals surface area contributed by atoms with Crippen LogP contribution in [0.2, 0.25) is 0 Å². The smallest absolute Gasteiger partial charge is 0.426 e. The largest absolute Gasteiger partial charge is 0.463 e. The standard InChI is InChI=1S/C12H10F3N2O3/c1-20-11(19)10(18)8-6-16(7-12(13,14)15)9-4-2-3-5-17(8)9/h2-6H,7H2,1H3/q+1. The molecule has 2 aromatic rings. The number of hydrogen-bond donors (Lipinski definition) is 0. The first-order valence-electron chi connectivity index (χ1n) is 5.52. The lowest BCUT2D eigenvalue weighted by Gasteiger charge is -2.02. The van der Waals surface area contributed by atoms with E-state index in [1.807, 2.05) is 0 Å². The molecule has 20 heavy (non-hydrogen) atoms. The van der Waals surface area contributed by atoms with Gasteiger partial charge < -0.3 is 4.74 Å². The average Bonchev–Trinajstić information content (AvgIpc) is 2.74. The second kappa shape index (κ2) is 4.95. The number of halogens is 3. The van der Waals surface area contributed by atoms with E-state index in [-0.39, 0.29) is 11.3 Å². The Morgan fingerprint density at radius 1 is 1.35 bits per heavy atom. The Morgan fingerprint density at radius 3 is 2.65 bits per heavy atom. The summed E-state index contributed by atoms with van der Waals surface area (Å²) in [7, 11) is 1.03. The van der Waals surface area contributed by atoms with Gasteiger partial charge in [-0.15, -0.1) is 0 Å². The first-order valence-corrected chi connectivity index (χ1v) is 5.52. The molecule has 0 spiro atoms. The average molecular weight is 287 g/mol. The number of alkyl halides is 3. The van der Waals surface area contributed by atoms with E-state index in [4.69, 9.17) is 0 Å². The molecule has 0 unspecified atom stereocenters. The summed E-state index contributed by atoms with van der Waals surface area (Å²) < 4.78 is 43.9. The van der Waals surface area contributed by atoms with Crippen LogP contribution < -0.4 is 4.57 Å². The molecule has 0 saturated heterocycles. The van der Waals surface area contributed by atoms with Crippen molar-refractivity contribution in [3.05, 3.63) is 36.3 Å². The summed E-state index contributed by atoms with van der Waals surface area (Å²) in [6.45, 7) is -1.25. The Kier molecular flexibility index (Phi) is 3.47. The third-order valence-electron chi connectivity index (χ3n) is 2.62. The lowest BCUT2D eigenvalue weighted by molar-refractivity contribution is -0.695. The van der Waals surface area contributed by atoms with Crippen molar-refractivity contribution in [2.45, 2.75) is 12.7 Å². The van der Waals surface area contributed by atoms with Crippen molar-refractivity contribution in [1.29, 1.82) is 0 Å². The minimum Gasteiger partial charge on any atom is -0.463 e. The number of fused-ring (bicyclic) bond motifs is 1. The molecule has 0 aliphatic heterocycles. The van der Waals surface area contributed by atoms with Gasteiger partial charge in [-0.2, -0.15) is 17.6 Å². The zero-order chi connectivity index (χ0) is 14.9. The predicted molar refractivity (Wildman–Crippen MR) is 60.0 cm³/mol. The number of carbonyl (C=O) groups is 2. The molecular formula is C12H10F3N2O3+. The molecule has 0 bridgehead atoms. The van der Waals surface area contributed by atoms with Gasteiger partial charge in [-0.1, -0.05) is 6.07 Å². The predicted octanol–water partition coefficient (Wildman–Crippen LogP) is 1.14. The van der Waals surface area contributed by atoms with E-state index < -0.39 is 24.5 Å². The van der Waals surface area contributed by atoms with Gasteiger partial charge in [-0.25, -0.2) is 9.36 Å². The molecule has 5 nitrogen and oxygen atoms in total. The number of ketones is 1. The van der Waals surface area contributed by atoms with Crippen LogP contribution in [0.1, 0.15) is 10.5 Å². The summed E-state index contributed by atoms with van der Waals surface area (Å²) in [5.41, 5.74) is -0.0335. The number of pyridine rings is 1. The van der Waals surface area contributed by atoms with Gasteiger partial charge in [-0.3, -0.25) is 4.79 Å². The second-order valence-corrected chi connectivity index (χ2v) is 4.01. The van der Waals surface area contributed by atoms with E-state index in [1.165, 1.54) is 22.7 Å². The topological polar surface area (TPSA) is 51.7 Å². The van der Waals surface area contributed by atoms with Crippen LogP contribution in [0.3, 0.4) is 0 Å². The Morgan fingerprint density at radius 2 is 2.05 bits per heavy atom. The zero-order valence-electron chi connectivity index (χ0n) is 10.3. The number of hydrogen-bond acceptors (Lipinski definition) is 3. The molecule has 2 aromatic heterocycles. The maximum atomic E-state index is 12.5. The van der Waals surface area contributed by atoms with Gasteiger partial charge in [-0.05, 0) is 6.07 Å². The Hall–Kier alpha value is -2.38. The van der Waals surface area contributed by atoms with Crippen LogP contribution in [0.25, 0.3) is 5.65 Å². The van der Waals surface area contributed by atoms with Crippen molar-refractivity contribution in [2.75, 3.05) is 7.11 Å². The SMILES string of the molecule is COC(=O)C(=O)c1c[n+](CC(F)(F)F)c2ccccn12. The Labute approximate surface area is 111 Å². The van der Waals surface area contributed by atoms with Crippen LogP contribution in [0.5, 0.6) is 0 Å². The fourth-order valence-electron chi connectivity index (χ4n) is 1.83. The quantitative estimate of drug-likeness (QED) is 0.368. The van der Waals surface area contributed by atoms with E-state index in [0.29, 0.717) is 0 Å². The number of carbonyl (C=O) groups excluding carboxylic acids is 2. The molecule has 0 aliphatic rings. The summed E-state index contributed by atoms with van der Waals surface area (Å²) >= 11 is 0. The van der Waals surface area contributed by atoms with Crippen LogP contribution in [0.4, 0.5) is 13.2 Å². The molecule has 0 aromatic carbocycles. The third-order valence-corrected chi connectivity index (χ3v) is 2.62. The number of esters is 1. The molecule has 0 aliphatic carbocycles. The molecule has 2 heterocycles. The van der Waals surface area contributed by atoms with E-state index in [1.54, 1.807) is 6.07 Å². The van der Waals surface area contributed by atoms with E-state index in [0.717, 1.165) is 17.9 Å². The highest BCUT2D eigenvalue weighted by atomic mass is 19.4. The van der Waals surface area contributed by atoms with Crippen molar-refractivity contribution < 1.29 is 32.1 Å². The minimum absolute atomic E-state index is 0.150. The van der Waals surface area contributed by atoms with Crippen molar-refractivity contribution in [3.63, 3.8) is 0 Å². The summed E-state index contributed by atoms with van der Waals surface area (Å²) in [4.78, 5) is 23.0. The van der Waals surface area contributed by atoms with Gasteiger partial charge in [0.25, 0.3) is 5.65 Å². The van der Waals surface area contributed by atoms with Crippen LogP contribution in [0.15, 0.2) is 30.6 Å². The molecule has 8 heteroatoms. The zero-order valence-corrected chi connectivity index (χ0v) is 10.3. The Balaban J connectivity index is 2.57. The number of nitrogens with zero attached hydrogens (tertiary/aromatic N) is 2. The van der Waals surface area contributed by atoms with Crippen LogP contribution in [0, 0.1) is 0 Å². The summed E-state index contributed by atoms with van der Waals surface area (Å²) in [6, 6.07) is 4.49. The summed E-state index contributed by atoms with van der Waals surface area (Å²) in [5.74, 6) is -2.14. The van der Waals surface area contributed by atoms with Crippen molar-refractivity contribution >= 4 is 17.4 Å². The number of ether oxygens (including phenoxy) is 1. The van der Waals surface area contributed by atoms with Gasteiger partial charge >= 0.3 is 17.9 Å². The Bertz CT molecular complexity index is 676. The first-order chi connectivity index (χ1) is 9.33. The van der Waals surface area contributed by atoms with Crippen LogP contribution in [-0.4, -0.2) is 29.4 Å². The van der Waals surface area contributed by atoms with Gasteiger partial charge in [0.2, 0.25) is 5.69 Å². The van der Waals surface area contributed by atoms with E-state index >= 15 is 0 Å². The maximum Gasteiger partial charge on any atom is 0.426 e. The molecule has 0 N–H and O–H groups in total. The fourth-order valence-corrected chi connectivity index (χ4v) is 1.83. The monoisotopic (exact) mass is 287 g/mol. The van der Waals surface area contributed by atoms with Crippen molar-refractivity contribution in [2.24, 2.45) is 0 Å².